The summed E-state index contributed by atoms with van der Waals surface area (Å²) < 4.78 is 0. The number of benzene rings is 7. The molecule has 0 saturated carbocycles. The van der Waals surface area contributed by atoms with E-state index in [1.165, 1.54) is 71.9 Å². The van der Waals surface area contributed by atoms with Crippen molar-refractivity contribution in [3.8, 4) is 11.1 Å². The van der Waals surface area contributed by atoms with Crippen LogP contribution in [0.15, 0.2) is 186 Å². The molecule has 7 aromatic carbocycles. The van der Waals surface area contributed by atoms with Crippen molar-refractivity contribution in [1.29, 1.82) is 0 Å². The first kappa shape index (κ1) is 28.5. The fraction of sp³-hybridized carbons (Fsp3) is 0.0980. The molecule has 0 amide bonds. The highest BCUT2D eigenvalue weighted by Gasteiger charge is 2.61. The van der Waals surface area contributed by atoms with Gasteiger partial charge in [-0.1, -0.05) is 127 Å². The van der Waals surface area contributed by atoms with E-state index in [1.54, 1.807) is 27.9 Å². The molecule has 52 heavy (non-hydrogen) atoms. The van der Waals surface area contributed by atoms with E-state index in [1.807, 2.05) is 0 Å². The molecule has 0 aliphatic heterocycles. The van der Waals surface area contributed by atoms with Gasteiger partial charge in [0, 0.05) is 16.8 Å². The lowest BCUT2D eigenvalue weighted by molar-refractivity contribution is 0.794. The van der Waals surface area contributed by atoms with Gasteiger partial charge in [0.05, 0.1) is 11.1 Å². The summed E-state index contributed by atoms with van der Waals surface area (Å²) in [5.74, 6) is 0. The Kier molecular flexibility index (Phi) is 5.72. The molecule has 1 spiro atoms. The second kappa shape index (κ2) is 10.4. The van der Waals surface area contributed by atoms with E-state index in [4.69, 9.17) is 0 Å². The van der Waals surface area contributed by atoms with E-state index in [-0.39, 0.29) is 5.41 Å². The monoisotopic (exact) mass is 661 g/mol. The molecule has 0 bridgehead atoms. The van der Waals surface area contributed by atoms with Crippen LogP contribution in [0.4, 0.5) is 17.1 Å². The van der Waals surface area contributed by atoms with Crippen molar-refractivity contribution in [2.75, 3.05) is 4.90 Å². The molecule has 244 valence electrons. The minimum Gasteiger partial charge on any atom is -0.310 e. The maximum absolute atomic E-state index is 2.57. The van der Waals surface area contributed by atoms with Crippen molar-refractivity contribution in [2.45, 2.75) is 31.1 Å². The lowest BCUT2D eigenvalue weighted by atomic mass is 9.71. The third-order valence-corrected chi connectivity index (χ3v) is 12.5. The Bertz CT molecular complexity index is 2850. The summed E-state index contributed by atoms with van der Waals surface area (Å²) in [6.45, 7) is 0. The fourth-order valence-corrected chi connectivity index (χ4v) is 10.5. The Morgan fingerprint density at radius 3 is 2.10 bits per heavy atom. The van der Waals surface area contributed by atoms with E-state index >= 15 is 0 Å². The van der Waals surface area contributed by atoms with Crippen molar-refractivity contribution in [3.63, 3.8) is 0 Å². The van der Waals surface area contributed by atoms with Crippen LogP contribution in [0.25, 0.3) is 43.8 Å². The van der Waals surface area contributed by atoms with E-state index in [2.05, 4.69) is 169 Å². The number of fused-ring (bicyclic) bond motifs is 7. The lowest BCUT2D eigenvalue weighted by Crippen LogP contribution is -2.25. The minimum atomic E-state index is -0.234. The average molecular weight is 662 g/mol. The summed E-state index contributed by atoms with van der Waals surface area (Å²) in [4.78, 5) is 2.51. The van der Waals surface area contributed by atoms with Gasteiger partial charge in [-0.15, -0.1) is 0 Å². The van der Waals surface area contributed by atoms with Gasteiger partial charge < -0.3 is 4.90 Å². The van der Waals surface area contributed by atoms with Gasteiger partial charge in [0.25, 0.3) is 0 Å². The minimum absolute atomic E-state index is 0.234. The summed E-state index contributed by atoms with van der Waals surface area (Å²) in [6, 6.07) is 56.9. The highest BCUT2D eigenvalue weighted by molar-refractivity contribution is 6.08. The van der Waals surface area contributed by atoms with Crippen LogP contribution >= 0.6 is 0 Å². The Hall–Kier alpha value is -6.18. The molecule has 0 fully saturated rings. The Labute approximate surface area is 304 Å². The molecule has 0 N–H and O–H groups in total. The Balaban J connectivity index is 1.12. The Morgan fingerprint density at radius 2 is 1.15 bits per heavy atom. The van der Waals surface area contributed by atoms with Crippen LogP contribution in [0.3, 0.4) is 0 Å². The summed E-state index contributed by atoms with van der Waals surface area (Å²) in [5.41, 5.74) is 20.9. The molecule has 0 radical (unpaired) electrons. The number of anilines is 3. The second-order valence-electron chi connectivity index (χ2n) is 15.0. The zero-order chi connectivity index (χ0) is 34.0. The summed E-state index contributed by atoms with van der Waals surface area (Å²) in [6.07, 6.45) is 9.60. The molecular formula is C51H35N. The summed E-state index contributed by atoms with van der Waals surface area (Å²) >= 11 is 0. The predicted molar refractivity (Wildman–Crippen MR) is 217 cm³/mol. The molecule has 5 aliphatic rings. The maximum atomic E-state index is 2.57. The van der Waals surface area contributed by atoms with Crippen LogP contribution in [0.1, 0.15) is 47.9 Å². The number of hydrogen-bond acceptors (Lipinski definition) is 1. The topological polar surface area (TPSA) is 3.24 Å². The average Bonchev–Trinajstić information content (AvgIpc) is 3.81. The van der Waals surface area contributed by atoms with Crippen LogP contribution in [0, 0.1) is 0 Å². The first-order valence-corrected chi connectivity index (χ1v) is 18.8. The third kappa shape index (κ3) is 3.63. The van der Waals surface area contributed by atoms with Gasteiger partial charge in [0.2, 0.25) is 0 Å². The fourth-order valence-electron chi connectivity index (χ4n) is 10.5. The lowest BCUT2D eigenvalue weighted by Gasteiger charge is -2.32. The van der Waals surface area contributed by atoms with E-state index < -0.39 is 0 Å². The zero-order valence-corrected chi connectivity index (χ0v) is 28.9. The molecular weight excluding hydrogens is 627 g/mol. The molecule has 1 atom stereocenters. The van der Waals surface area contributed by atoms with Gasteiger partial charge in [-0.05, 0) is 145 Å². The largest absolute Gasteiger partial charge is 0.310 e. The van der Waals surface area contributed by atoms with Crippen LogP contribution in [0.2, 0.25) is 0 Å². The van der Waals surface area contributed by atoms with Gasteiger partial charge in [-0.25, -0.2) is 0 Å². The molecule has 0 saturated heterocycles. The molecule has 0 aromatic heterocycles. The van der Waals surface area contributed by atoms with Gasteiger partial charge in [0.1, 0.15) is 0 Å². The zero-order valence-electron chi connectivity index (χ0n) is 28.9. The van der Waals surface area contributed by atoms with E-state index in [9.17, 15) is 0 Å². The number of hydrogen-bond donors (Lipinski definition) is 0. The van der Waals surface area contributed by atoms with E-state index in [0.29, 0.717) is 0 Å². The SMILES string of the molecule is C1=C2C3=C4C(=CCC3)c3ccc(N(c5cccc(-c6ccc7ccccc7c6)c5)c5cccc6ccccc56)cc3C43C2=C(CC1)c1ccccc13. The highest BCUT2D eigenvalue weighted by atomic mass is 15.1. The number of nitrogens with zero attached hydrogens (tertiary/aromatic N) is 1. The normalized spacial score (nSPS) is 19.0. The van der Waals surface area contributed by atoms with Gasteiger partial charge >= 0.3 is 0 Å². The molecule has 12 rings (SSSR count). The molecule has 0 heterocycles. The van der Waals surface area contributed by atoms with Crippen LogP contribution in [0.5, 0.6) is 0 Å². The molecule has 1 nitrogen and oxygen atoms in total. The smallest absolute Gasteiger partial charge is 0.0731 e. The van der Waals surface area contributed by atoms with Crippen LogP contribution < -0.4 is 4.90 Å². The number of allylic oxidation sites excluding steroid dienone is 8. The summed E-state index contributed by atoms with van der Waals surface area (Å²) in [7, 11) is 0. The standard InChI is InChI=1S/C51H35N/c1-2-13-34-29-36(26-25-32(34)11-1)35-15-7-16-37(30-35)52(48-24-8-14-33-12-3-4-17-39(33)48)38-27-28-41-43-20-10-22-45-44-21-9-19-42-40-18-5-6-23-46(40)51(49(42)44,50(43)45)47(41)31-38/h1-8,11-18,20-21,23-31H,9-10,19,22H2. The third-order valence-electron chi connectivity index (χ3n) is 12.5. The van der Waals surface area contributed by atoms with Crippen molar-refractivity contribution in [1.82, 2.24) is 0 Å². The first-order valence-electron chi connectivity index (χ1n) is 18.8. The van der Waals surface area contributed by atoms with Gasteiger partial charge in [0.15, 0.2) is 0 Å². The molecule has 5 aliphatic carbocycles. The molecule has 7 aromatic rings. The van der Waals surface area contributed by atoms with E-state index in [0.717, 1.165) is 31.4 Å². The van der Waals surface area contributed by atoms with Crippen molar-refractivity contribution < 1.29 is 0 Å². The highest BCUT2D eigenvalue weighted by Crippen LogP contribution is 2.72. The van der Waals surface area contributed by atoms with Gasteiger partial charge in [-0.2, -0.15) is 0 Å². The first-order chi connectivity index (χ1) is 25.8. The number of rotatable bonds is 4. The molecule has 1 unspecified atom stereocenters. The van der Waals surface area contributed by atoms with Crippen LogP contribution in [-0.2, 0) is 5.41 Å². The summed E-state index contributed by atoms with van der Waals surface area (Å²) in [5, 5.41) is 5.02. The van der Waals surface area contributed by atoms with Crippen molar-refractivity contribution in [3.05, 3.63) is 208 Å². The van der Waals surface area contributed by atoms with Crippen molar-refractivity contribution >= 4 is 49.8 Å². The Morgan fingerprint density at radius 1 is 0.442 bits per heavy atom. The van der Waals surface area contributed by atoms with Crippen molar-refractivity contribution in [2.24, 2.45) is 0 Å². The van der Waals surface area contributed by atoms with Crippen LogP contribution in [-0.4, -0.2) is 0 Å². The second-order valence-corrected chi connectivity index (χ2v) is 15.0. The quantitative estimate of drug-likeness (QED) is 0.181. The molecule has 1 heteroatoms. The predicted octanol–water partition coefficient (Wildman–Crippen LogP) is 13.4. The maximum Gasteiger partial charge on any atom is 0.0731 e. The van der Waals surface area contributed by atoms with Gasteiger partial charge in [-0.3, -0.25) is 0 Å².